The first kappa shape index (κ1) is 22.3. The van der Waals surface area contributed by atoms with Crippen LogP contribution in [0.25, 0.3) is 0 Å². The number of likely N-dealkylation sites (tertiary alicyclic amines) is 2. The van der Waals surface area contributed by atoms with Crippen LogP contribution >= 0.6 is 11.6 Å². The molecule has 0 aliphatic carbocycles. The molecule has 2 N–H and O–H groups in total. The molecule has 0 saturated carbocycles. The Labute approximate surface area is 174 Å². The number of carbonyl (C=O) groups excluding carboxylic acids is 2. The fourth-order valence-corrected chi connectivity index (χ4v) is 3.76. The minimum atomic E-state index is -4.59. The van der Waals surface area contributed by atoms with Crippen LogP contribution in [0.3, 0.4) is 0 Å². The zero-order valence-corrected chi connectivity index (χ0v) is 16.6. The van der Waals surface area contributed by atoms with Crippen LogP contribution in [0.15, 0.2) is 12.3 Å². The number of nitrogens with one attached hydrogen (secondary N) is 2. The van der Waals surface area contributed by atoms with Crippen molar-refractivity contribution in [1.82, 2.24) is 20.1 Å². The number of amides is 3. The topological polar surface area (TPSA) is 89.4 Å². The summed E-state index contributed by atoms with van der Waals surface area (Å²) in [4.78, 5) is 31.5. The Hall–Kier alpha value is -2.43. The van der Waals surface area contributed by atoms with E-state index in [0.29, 0.717) is 31.5 Å². The molecule has 12 heteroatoms. The molecule has 7 nitrogen and oxygen atoms in total. The summed E-state index contributed by atoms with van der Waals surface area (Å²) >= 11 is 5.85. The lowest BCUT2D eigenvalue weighted by Crippen LogP contribution is -2.57. The predicted molar refractivity (Wildman–Crippen MR) is 99.8 cm³/mol. The van der Waals surface area contributed by atoms with E-state index in [2.05, 4.69) is 10.3 Å². The number of piperidine rings is 1. The zero-order chi connectivity index (χ0) is 22.1. The average molecular weight is 450 g/mol. The molecule has 0 radical (unpaired) electrons. The quantitative estimate of drug-likeness (QED) is 0.693. The lowest BCUT2D eigenvalue weighted by atomic mass is 10.0. The molecule has 1 aromatic rings. The smallest absolute Gasteiger partial charge is 0.338 e. The molecule has 2 aliphatic heterocycles. The van der Waals surface area contributed by atoms with Crippen molar-refractivity contribution in [2.24, 2.45) is 0 Å². The number of alkyl halides is 4. The highest BCUT2D eigenvalue weighted by Crippen LogP contribution is 2.31. The Morgan fingerprint density at radius 3 is 2.67 bits per heavy atom. The minimum Gasteiger partial charge on any atom is -0.338 e. The van der Waals surface area contributed by atoms with Gasteiger partial charge in [0.25, 0.3) is 0 Å². The largest absolute Gasteiger partial charge is 0.417 e. The van der Waals surface area contributed by atoms with Gasteiger partial charge in [0.1, 0.15) is 18.0 Å². The summed E-state index contributed by atoms with van der Waals surface area (Å²) in [6.07, 6.45) is -3.68. The van der Waals surface area contributed by atoms with Crippen LogP contribution in [0.1, 0.15) is 36.9 Å². The summed E-state index contributed by atoms with van der Waals surface area (Å²) < 4.78 is 51.6. The first-order chi connectivity index (χ1) is 14.1. The Balaban J connectivity index is 1.69. The van der Waals surface area contributed by atoms with Gasteiger partial charge >= 0.3 is 12.2 Å². The molecule has 164 valence electrons. The third kappa shape index (κ3) is 4.82. The van der Waals surface area contributed by atoms with Crippen molar-refractivity contribution in [3.05, 3.63) is 28.5 Å². The molecule has 0 aromatic carbocycles. The number of rotatable bonds is 3. The molecule has 3 heterocycles. The summed E-state index contributed by atoms with van der Waals surface area (Å²) in [7, 11) is 0. The van der Waals surface area contributed by atoms with Crippen LogP contribution in [0.4, 0.5) is 22.4 Å². The molecule has 1 aromatic heterocycles. The van der Waals surface area contributed by atoms with Crippen molar-refractivity contribution in [2.45, 2.75) is 50.6 Å². The minimum absolute atomic E-state index is 0.0178. The third-order valence-corrected chi connectivity index (χ3v) is 5.42. The van der Waals surface area contributed by atoms with E-state index < -0.39 is 35.9 Å². The van der Waals surface area contributed by atoms with Crippen LogP contribution in [0.2, 0.25) is 5.02 Å². The summed E-state index contributed by atoms with van der Waals surface area (Å²) in [5.74, 6) is -0.472. The highest BCUT2D eigenvalue weighted by molar-refractivity contribution is 6.31. The highest BCUT2D eigenvalue weighted by atomic mass is 35.5. The fourth-order valence-electron chi connectivity index (χ4n) is 3.52. The molecular formula is C18H20ClF4N5O2. The van der Waals surface area contributed by atoms with Crippen molar-refractivity contribution < 1.29 is 27.2 Å². The molecule has 2 fully saturated rings. The Morgan fingerprint density at radius 1 is 1.33 bits per heavy atom. The number of nitrogens with zero attached hydrogens (tertiary/aromatic N) is 3. The van der Waals surface area contributed by atoms with Gasteiger partial charge in [0.15, 0.2) is 0 Å². The summed E-state index contributed by atoms with van der Waals surface area (Å²) in [6.45, 7) is -0.0651. The Morgan fingerprint density at radius 2 is 2.07 bits per heavy atom. The van der Waals surface area contributed by atoms with Crippen molar-refractivity contribution in [1.29, 1.82) is 5.41 Å². The van der Waals surface area contributed by atoms with Gasteiger partial charge in [0.05, 0.1) is 29.4 Å². The molecular weight excluding hydrogens is 430 g/mol. The normalized spacial score (nSPS) is 22.4. The van der Waals surface area contributed by atoms with Crippen molar-refractivity contribution >= 4 is 29.4 Å². The lowest BCUT2D eigenvalue weighted by molar-refractivity contribution is -0.138. The maximum absolute atomic E-state index is 13.5. The van der Waals surface area contributed by atoms with E-state index >= 15 is 0 Å². The van der Waals surface area contributed by atoms with E-state index in [1.807, 2.05) is 0 Å². The van der Waals surface area contributed by atoms with Gasteiger partial charge in [-0.15, -0.1) is 0 Å². The monoisotopic (exact) mass is 449 g/mol. The fraction of sp³-hybridized carbons (Fsp3) is 0.556. The standard InChI is InChI=1S/C18H20ClF4N5O2/c19-12-6-10(18(21,22)23)7-25-13(12)8-26-17(30)28-14(2-1-3-15(28)24)16(29)27-5-4-11(20)9-27/h6-7,11,14,24H,1-5,8-9H2,(H,26,30). The van der Waals surface area contributed by atoms with Gasteiger partial charge < -0.3 is 10.2 Å². The SMILES string of the molecule is N=C1CCCC(C(=O)N2CCC(F)C2)N1C(=O)NCc1ncc(C(F)(F)F)cc1Cl. The van der Waals surface area contributed by atoms with Gasteiger partial charge in [0, 0.05) is 19.2 Å². The molecule has 2 aliphatic rings. The average Bonchev–Trinajstić information content (AvgIpc) is 3.11. The van der Waals surface area contributed by atoms with Crippen LogP contribution < -0.4 is 5.32 Å². The number of aromatic nitrogens is 1. The molecule has 0 bridgehead atoms. The lowest BCUT2D eigenvalue weighted by Gasteiger charge is -2.36. The first-order valence-electron chi connectivity index (χ1n) is 9.37. The Kier molecular flexibility index (Phi) is 6.49. The van der Waals surface area contributed by atoms with Gasteiger partial charge in [-0.3, -0.25) is 20.1 Å². The molecule has 2 atom stereocenters. The van der Waals surface area contributed by atoms with Crippen molar-refractivity contribution in [2.75, 3.05) is 13.1 Å². The second-order valence-corrected chi connectivity index (χ2v) is 7.61. The number of hydrogen-bond acceptors (Lipinski definition) is 4. The van der Waals surface area contributed by atoms with Gasteiger partial charge in [0.2, 0.25) is 5.91 Å². The van der Waals surface area contributed by atoms with Gasteiger partial charge in [-0.2, -0.15) is 13.2 Å². The van der Waals surface area contributed by atoms with Crippen molar-refractivity contribution in [3.8, 4) is 0 Å². The number of pyridine rings is 1. The number of amidine groups is 1. The highest BCUT2D eigenvalue weighted by Gasteiger charge is 2.40. The van der Waals surface area contributed by atoms with Crippen LogP contribution in [0, 0.1) is 5.41 Å². The van der Waals surface area contributed by atoms with Gasteiger partial charge in [-0.05, 0) is 25.3 Å². The van der Waals surface area contributed by atoms with E-state index in [4.69, 9.17) is 17.0 Å². The number of urea groups is 1. The molecule has 0 spiro atoms. The molecule has 2 unspecified atom stereocenters. The summed E-state index contributed by atoms with van der Waals surface area (Å²) in [5.41, 5.74) is -0.993. The maximum atomic E-state index is 13.5. The van der Waals surface area contributed by atoms with Crippen LogP contribution in [0.5, 0.6) is 0 Å². The second kappa shape index (κ2) is 8.75. The first-order valence-corrected chi connectivity index (χ1v) is 9.74. The molecule has 3 amide bonds. The van der Waals surface area contributed by atoms with E-state index in [1.165, 1.54) is 4.90 Å². The molecule has 3 rings (SSSR count). The predicted octanol–water partition coefficient (Wildman–Crippen LogP) is 3.37. The molecule has 2 saturated heterocycles. The zero-order valence-electron chi connectivity index (χ0n) is 15.8. The van der Waals surface area contributed by atoms with Gasteiger partial charge in [-0.25, -0.2) is 9.18 Å². The van der Waals surface area contributed by atoms with E-state index in [0.717, 1.165) is 4.90 Å². The third-order valence-electron chi connectivity index (χ3n) is 5.09. The van der Waals surface area contributed by atoms with Crippen molar-refractivity contribution in [3.63, 3.8) is 0 Å². The van der Waals surface area contributed by atoms with Crippen LogP contribution in [-0.4, -0.2) is 57.9 Å². The summed E-state index contributed by atoms with van der Waals surface area (Å²) in [6, 6.07) is -0.967. The second-order valence-electron chi connectivity index (χ2n) is 7.20. The number of hydrogen-bond donors (Lipinski definition) is 2. The van der Waals surface area contributed by atoms with E-state index in [9.17, 15) is 27.2 Å². The Bertz CT molecular complexity index is 850. The van der Waals surface area contributed by atoms with E-state index in [-0.39, 0.29) is 42.6 Å². The van der Waals surface area contributed by atoms with Crippen LogP contribution in [-0.2, 0) is 17.5 Å². The summed E-state index contributed by atoms with van der Waals surface area (Å²) in [5, 5.41) is 10.3. The van der Waals surface area contributed by atoms with E-state index in [1.54, 1.807) is 0 Å². The van der Waals surface area contributed by atoms with Gasteiger partial charge in [-0.1, -0.05) is 11.6 Å². The number of carbonyl (C=O) groups is 2. The number of halogens is 5. The maximum Gasteiger partial charge on any atom is 0.417 e. The molecule has 30 heavy (non-hydrogen) atoms.